The number of pyridine rings is 1. The first-order valence-electron chi connectivity index (χ1n) is 9.78. The maximum atomic E-state index is 12.5. The van der Waals surface area contributed by atoms with Crippen LogP contribution in [0.15, 0.2) is 36.5 Å². The van der Waals surface area contributed by atoms with Crippen LogP contribution in [0.2, 0.25) is 0 Å². The average molecular weight is 355 g/mol. The molecule has 1 unspecified atom stereocenters. The summed E-state index contributed by atoms with van der Waals surface area (Å²) in [5, 5.41) is 4.16. The van der Waals surface area contributed by atoms with Crippen molar-refractivity contribution < 1.29 is 9.53 Å². The van der Waals surface area contributed by atoms with Crippen molar-refractivity contribution >= 4 is 16.8 Å². The van der Waals surface area contributed by atoms with E-state index < -0.39 is 0 Å². The zero-order valence-corrected chi connectivity index (χ0v) is 15.6. The number of amides is 1. The lowest BCUT2D eigenvalue weighted by Crippen LogP contribution is -2.49. The summed E-state index contributed by atoms with van der Waals surface area (Å²) in [7, 11) is 0. The van der Waals surface area contributed by atoms with Crippen molar-refractivity contribution in [3.63, 3.8) is 0 Å². The van der Waals surface area contributed by atoms with Crippen molar-refractivity contribution in [2.45, 2.75) is 45.1 Å². The van der Waals surface area contributed by atoms with E-state index in [0.29, 0.717) is 13.2 Å². The molecule has 1 saturated heterocycles. The molecule has 0 spiro atoms. The minimum absolute atomic E-state index is 0.0480. The van der Waals surface area contributed by atoms with Crippen molar-refractivity contribution in [2.75, 3.05) is 26.2 Å². The second-order valence-corrected chi connectivity index (χ2v) is 6.87. The van der Waals surface area contributed by atoms with Gasteiger partial charge in [-0.15, -0.1) is 0 Å². The summed E-state index contributed by atoms with van der Waals surface area (Å²) >= 11 is 0. The number of carbonyl (C=O) groups excluding carboxylic acids is 1. The highest BCUT2D eigenvalue weighted by atomic mass is 16.5. The molecule has 3 rings (SSSR count). The molecule has 0 aliphatic carbocycles. The molecule has 1 aromatic heterocycles. The molecule has 1 aromatic carbocycles. The molecular weight excluding hydrogens is 326 g/mol. The van der Waals surface area contributed by atoms with Crippen LogP contribution in [0.3, 0.4) is 0 Å². The van der Waals surface area contributed by atoms with Gasteiger partial charge in [-0.2, -0.15) is 0 Å². The molecule has 1 aliphatic heterocycles. The first-order chi connectivity index (χ1) is 12.8. The Morgan fingerprint density at radius 1 is 1.31 bits per heavy atom. The Bertz CT molecular complexity index is 712. The van der Waals surface area contributed by atoms with Gasteiger partial charge in [0, 0.05) is 18.1 Å². The standard InChI is InChI=1S/C21H29N3O2/c1-2-14-24-15-4-3-10-18(24)21(25)23-13-7-16-26-19-11-5-8-17-9-6-12-22-20(17)19/h5-6,8-9,11-12,18H,2-4,7,10,13-16H2,1H3,(H,23,25). The normalized spacial score (nSPS) is 18.0. The third-order valence-corrected chi connectivity index (χ3v) is 4.90. The topological polar surface area (TPSA) is 54.5 Å². The summed E-state index contributed by atoms with van der Waals surface area (Å²) in [6.45, 7) is 5.44. The van der Waals surface area contributed by atoms with E-state index in [-0.39, 0.29) is 11.9 Å². The Hall–Kier alpha value is -2.14. The minimum Gasteiger partial charge on any atom is -0.491 e. The lowest BCUT2D eigenvalue weighted by Gasteiger charge is -2.34. The van der Waals surface area contributed by atoms with Gasteiger partial charge >= 0.3 is 0 Å². The highest BCUT2D eigenvalue weighted by Gasteiger charge is 2.27. The number of hydrogen-bond acceptors (Lipinski definition) is 4. The highest BCUT2D eigenvalue weighted by molar-refractivity contribution is 5.84. The van der Waals surface area contributed by atoms with Crippen LogP contribution in [0.4, 0.5) is 0 Å². The molecule has 1 N–H and O–H groups in total. The van der Waals surface area contributed by atoms with Crippen LogP contribution in [0, 0.1) is 0 Å². The molecule has 26 heavy (non-hydrogen) atoms. The average Bonchev–Trinajstić information content (AvgIpc) is 2.68. The third-order valence-electron chi connectivity index (χ3n) is 4.90. The number of rotatable bonds is 8. The monoisotopic (exact) mass is 355 g/mol. The van der Waals surface area contributed by atoms with E-state index in [2.05, 4.69) is 22.1 Å². The fraction of sp³-hybridized carbons (Fsp3) is 0.524. The molecule has 1 atom stereocenters. The van der Waals surface area contributed by atoms with E-state index in [1.807, 2.05) is 30.3 Å². The summed E-state index contributed by atoms with van der Waals surface area (Å²) in [6, 6.07) is 9.95. The summed E-state index contributed by atoms with van der Waals surface area (Å²) in [6.07, 6.45) is 6.99. The first kappa shape index (κ1) is 18.6. The van der Waals surface area contributed by atoms with Gasteiger partial charge in [0.2, 0.25) is 5.91 Å². The molecule has 0 radical (unpaired) electrons. The molecular formula is C21H29N3O2. The van der Waals surface area contributed by atoms with Gasteiger partial charge in [0.25, 0.3) is 0 Å². The Balaban J connectivity index is 1.43. The van der Waals surface area contributed by atoms with Crippen LogP contribution < -0.4 is 10.1 Å². The summed E-state index contributed by atoms with van der Waals surface area (Å²) in [5.74, 6) is 0.973. The van der Waals surface area contributed by atoms with Gasteiger partial charge in [0.05, 0.1) is 12.6 Å². The van der Waals surface area contributed by atoms with Gasteiger partial charge in [-0.3, -0.25) is 14.7 Å². The molecule has 1 aliphatic rings. The Morgan fingerprint density at radius 3 is 3.08 bits per heavy atom. The number of hydrogen-bond donors (Lipinski definition) is 1. The van der Waals surface area contributed by atoms with E-state index >= 15 is 0 Å². The number of aromatic nitrogens is 1. The molecule has 1 fully saturated rings. The molecule has 2 heterocycles. The van der Waals surface area contributed by atoms with Crippen LogP contribution in [-0.2, 0) is 4.79 Å². The van der Waals surface area contributed by atoms with Crippen molar-refractivity contribution in [3.8, 4) is 5.75 Å². The second-order valence-electron chi connectivity index (χ2n) is 6.87. The number of para-hydroxylation sites is 1. The van der Waals surface area contributed by atoms with Gasteiger partial charge in [-0.25, -0.2) is 0 Å². The molecule has 5 nitrogen and oxygen atoms in total. The number of fused-ring (bicyclic) bond motifs is 1. The van der Waals surface area contributed by atoms with Crippen LogP contribution in [0.5, 0.6) is 5.75 Å². The predicted octanol–water partition coefficient (Wildman–Crippen LogP) is 3.38. The largest absolute Gasteiger partial charge is 0.491 e. The minimum atomic E-state index is 0.0480. The maximum Gasteiger partial charge on any atom is 0.237 e. The first-order valence-corrected chi connectivity index (χ1v) is 9.78. The van der Waals surface area contributed by atoms with Crippen LogP contribution in [0.25, 0.3) is 10.9 Å². The van der Waals surface area contributed by atoms with Gasteiger partial charge in [-0.1, -0.05) is 31.5 Å². The quantitative estimate of drug-likeness (QED) is 0.738. The van der Waals surface area contributed by atoms with Crippen molar-refractivity contribution in [1.82, 2.24) is 15.2 Å². The SMILES string of the molecule is CCCN1CCCCC1C(=O)NCCCOc1cccc2cccnc12. The molecule has 1 amide bonds. The molecule has 140 valence electrons. The van der Waals surface area contributed by atoms with Gasteiger partial charge in [-0.05, 0) is 50.9 Å². The van der Waals surface area contributed by atoms with Gasteiger partial charge in [0.1, 0.15) is 11.3 Å². The number of nitrogens with zero attached hydrogens (tertiary/aromatic N) is 2. The maximum absolute atomic E-state index is 12.5. The van der Waals surface area contributed by atoms with Crippen LogP contribution in [-0.4, -0.2) is 48.1 Å². The highest BCUT2D eigenvalue weighted by Crippen LogP contribution is 2.23. The Labute approximate surface area is 155 Å². The lowest BCUT2D eigenvalue weighted by atomic mass is 10.0. The third kappa shape index (κ3) is 4.73. The summed E-state index contributed by atoms with van der Waals surface area (Å²) in [4.78, 5) is 19.2. The smallest absolute Gasteiger partial charge is 0.237 e. The number of nitrogens with one attached hydrogen (secondary N) is 1. The van der Waals surface area contributed by atoms with Crippen molar-refractivity contribution in [3.05, 3.63) is 36.5 Å². The zero-order chi connectivity index (χ0) is 18.2. The van der Waals surface area contributed by atoms with Crippen LogP contribution >= 0.6 is 0 Å². The number of piperidine rings is 1. The molecule has 0 saturated carbocycles. The zero-order valence-electron chi connectivity index (χ0n) is 15.6. The lowest BCUT2D eigenvalue weighted by molar-refractivity contribution is -0.127. The fourth-order valence-corrected chi connectivity index (χ4v) is 3.62. The summed E-state index contributed by atoms with van der Waals surface area (Å²) in [5.41, 5.74) is 0.886. The molecule has 5 heteroatoms. The second kappa shape index (κ2) is 9.53. The van der Waals surface area contributed by atoms with E-state index in [9.17, 15) is 4.79 Å². The summed E-state index contributed by atoms with van der Waals surface area (Å²) < 4.78 is 5.88. The van der Waals surface area contributed by atoms with Gasteiger partial charge < -0.3 is 10.1 Å². The number of benzene rings is 1. The van der Waals surface area contributed by atoms with E-state index in [1.54, 1.807) is 6.20 Å². The fourth-order valence-electron chi connectivity index (χ4n) is 3.62. The molecule has 0 bridgehead atoms. The number of likely N-dealkylation sites (tertiary alicyclic amines) is 1. The Morgan fingerprint density at radius 2 is 2.19 bits per heavy atom. The molecule has 2 aromatic rings. The van der Waals surface area contributed by atoms with Crippen LogP contribution in [0.1, 0.15) is 39.0 Å². The number of ether oxygens (including phenoxy) is 1. The predicted molar refractivity (Wildman–Crippen MR) is 104 cm³/mol. The van der Waals surface area contributed by atoms with Crippen molar-refractivity contribution in [2.24, 2.45) is 0 Å². The van der Waals surface area contributed by atoms with Crippen molar-refractivity contribution in [1.29, 1.82) is 0 Å². The van der Waals surface area contributed by atoms with E-state index in [0.717, 1.165) is 55.4 Å². The van der Waals surface area contributed by atoms with E-state index in [1.165, 1.54) is 6.42 Å². The number of carbonyl (C=O) groups is 1. The van der Waals surface area contributed by atoms with Gasteiger partial charge in [0.15, 0.2) is 0 Å². The Kier molecular flexibility index (Phi) is 6.83. The van der Waals surface area contributed by atoms with E-state index in [4.69, 9.17) is 4.74 Å².